The largest absolute Gasteiger partial charge is 2.00 e. The maximum atomic E-state index is 13.8. The van der Waals surface area contributed by atoms with Crippen LogP contribution in [0, 0.1) is 44.6 Å². The summed E-state index contributed by atoms with van der Waals surface area (Å²) in [4.78, 5) is 33.0. The Morgan fingerprint density at radius 3 is 2.43 bits per heavy atom. The molecule has 0 N–H and O–H groups in total. The molecule has 8 nitrogen and oxygen atoms in total. The molecule has 5 rings (SSSR count). The third-order valence-electron chi connectivity index (χ3n) is 7.65. The third-order valence-corrected chi connectivity index (χ3v) is 7.65. The van der Waals surface area contributed by atoms with Gasteiger partial charge in [0.25, 0.3) is 11.8 Å². The maximum Gasteiger partial charge on any atom is 2.00 e. The number of anilines is 1. The molecule has 0 saturated carbocycles. The number of hydrogen-bond acceptors (Lipinski definition) is 5. The van der Waals surface area contributed by atoms with Crippen LogP contribution in [0.2, 0.25) is 0 Å². The van der Waals surface area contributed by atoms with Gasteiger partial charge in [-0.1, -0.05) is 19.6 Å². The van der Waals surface area contributed by atoms with Crippen LogP contribution in [0.15, 0.2) is 61.2 Å². The maximum absolute atomic E-state index is 13.8. The van der Waals surface area contributed by atoms with Gasteiger partial charge in [0.2, 0.25) is 0 Å². The Hall–Kier alpha value is -3.12. The molecule has 2 aromatic carbocycles. The molecule has 2 aliphatic heterocycles. The van der Waals surface area contributed by atoms with Crippen LogP contribution in [-0.4, -0.2) is 78.3 Å². The average Bonchev–Trinajstić information content (AvgIpc) is 3.43. The van der Waals surface area contributed by atoms with Crippen molar-refractivity contribution >= 4 is 23.2 Å². The van der Waals surface area contributed by atoms with Crippen molar-refractivity contribution in [1.29, 1.82) is 0 Å². The van der Waals surface area contributed by atoms with Gasteiger partial charge in [0.1, 0.15) is 0 Å². The van der Waals surface area contributed by atoms with Gasteiger partial charge in [0.15, 0.2) is 5.69 Å². The smallest absolute Gasteiger partial charge is 0.523 e. The Bertz CT molecular complexity index is 1440. The van der Waals surface area contributed by atoms with E-state index in [-0.39, 0.29) is 50.4 Å². The molecule has 0 radical (unpaired) electrons. The number of carbonyl (C=O) groups excluding carboxylic acids is 2. The molecule has 1 saturated heterocycles. The van der Waals surface area contributed by atoms with Gasteiger partial charge in [-0.2, -0.15) is 17.2 Å². The summed E-state index contributed by atoms with van der Waals surface area (Å²) in [5.41, 5.74) is 5.55. The monoisotopic (exact) mass is 791 g/mol. The molecule has 0 unspecified atom stereocenters. The van der Waals surface area contributed by atoms with Crippen LogP contribution >= 0.6 is 0 Å². The van der Waals surface area contributed by atoms with Gasteiger partial charge in [-0.25, -0.2) is 4.68 Å². The van der Waals surface area contributed by atoms with E-state index in [1.807, 2.05) is 65.0 Å². The molecule has 0 atom stereocenters. The van der Waals surface area contributed by atoms with Crippen LogP contribution in [-0.2, 0) is 12.8 Å². The summed E-state index contributed by atoms with van der Waals surface area (Å²) < 4.78 is 7.07. The van der Waals surface area contributed by atoms with Gasteiger partial charge in [-0.15, -0.1) is 17.7 Å². The topological polar surface area (TPSA) is 70.9 Å². The van der Waals surface area contributed by atoms with Crippen molar-refractivity contribution < 1.29 is 45.4 Å². The molecular weight excluding hydrogens is 752 g/mol. The third kappa shape index (κ3) is 6.91. The molecule has 1 fully saturated rings. The summed E-state index contributed by atoms with van der Waals surface area (Å²) in [7, 11) is 3.69. The number of aryl methyl sites for hydroxylation is 2. The van der Waals surface area contributed by atoms with Crippen LogP contribution < -0.4 is 9.64 Å². The molecule has 1 aromatic heterocycles. The van der Waals surface area contributed by atoms with Gasteiger partial charge in [-0.05, 0) is 62.2 Å². The van der Waals surface area contributed by atoms with E-state index in [4.69, 9.17) is 9.84 Å². The van der Waals surface area contributed by atoms with E-state index in [9.17, 15) is 9.59 Å². The first-order valence-electron chi connectivity index (χ1n) is 13.8. The molecule has 3 aromatic rings. The van der Waals surface area contributed by atoms with Crippen molar-refractivity contribution in [2.45, 2.75) is 26.2 Å². The molecule has 0 spiro atoms. The molecule has 42 heavy (non-hydrogen) atoms. The standard InChI is InChI=1S/C32H36N5O3.CH3.U/c1-5-8-30(23-10-13-27(40-4)14-11-23)37-26(6-2)22-28(33-37)32(39)36-16-7-9-24-21-25(12-15-29(24)36)31(38)35-19-17-34(3)18-20-35;;/h5,8,10-13,15,21-22H,1,6-7,9,16-20H2,2-4H3;1H3;/q2*-1;+2/b30-8-;;. The van der Waals surface area contributed by atoms with E-state index in [2.05, 4.69) is 24.6 Å². The summed E-state index contributed by atoms with van der Waals surface area (Å²) >= 11 is 0. The zero-order chi connectivity index (χ0) is 28.2. The zero-order valence-electron chi connectivity index (χ0n) is 25.0. The number of ether oxygens (including phenoxy) is 1. The Labute approximate surface area is 273 Å². The van der Waals surface area contributed by atoms with Crippen molar-refractivity contribution in [3.8, 4) is 5.75 Å². The van der Waals surface area contributed by atoms with Crippen molar-refractivity contribution in [1.82, 2.24) is 19.6 Å². The predicted octanol–water partition coefficient (Wildman–Crippen LogP) is 4.76. The molecular formula is C33H39N5O3U. The number of carbonyl (C=O) groups is 2. The summed E-state index contributed by atoms with van der Waals surface area (Å²) in [6, 6.07) is 16.4. The minimum absolute atomic E-state index is 0. The van der Waals surface area contributed by atoms with Gasteiger partial charge in [0.05, 0.1) is 7.11 Å². The minimum atomic E-state index is -0.146. The number of nitrogens with zero attached hydrogens (tertiary/aromatic N) is 5. The first kappa shape index (κ1) is 33.4. The number of benzene rings is 2. The van der Waals surface area contributed by atoms with E-state index < -0.39 is 0 Å². The summed E-state index contributed by atoms with van der Waals surface area (Å²) in [6.07, 6.45) is 5.95. The first-order chi connectivity index (χ1) is 19.4. The Balaban J connectivity index is 0.00000242. The zero-order valence-corrected chi connectivity index (χ0v) is 29.2. The number of amides is 2. The van der Waals surface area contributed by atoms with Gasteiger partial charge >= 0.3 is 31.1 Å². The van der Waals surface area contributed by atoms with Crippen LogP contribution in [0.1, 0.15) is 51.0 Å². The number of aromatic nitrogens is 2. The Morgan fingerprint density at radius 2 is 1.79 bits per heavy atom. The summed E-state index contributed by atoms with van der Waals surface area (Å²) in [5.74, 6) is 0.556. The normalized spacial score (nSPS) is 15.3. The number of fused-ring (bicyclic) bond motifs is 1. The Morgan fingerprint density at radius 1 is 1.05 bits per heavy atom. The predicted molar refractivity (Wildman–Crippen MR) is 163 cm³/mol. The van der Waals surface area contributed by atoms with Gasteiger partial charge < -0.3 is 26.9 Å². The minimum Gasteiger partial charge on any atom is -0.523 e. The van der Waals surface area contributed by atoms with E-state index in [0.29, 0.717) is 30.0 Å². The quantitative estimate of drug-likeness (QED) is 0.255. The summed E-state index contributed by atoms with van der Waals surface area (Å²) in [5, 5.41) is 4.78. The van der Waals surface area contributed by atoms with Crippen LogP contribution in [0.4, 0.5) is 5.69 Å². The van der Waals surface area contributed by atoms with Crippen molar-refractivity contribution in [3.05, 3.63) is 103 Å². The van der Waals surface area contributed by atoms with Crippen molar-refractivity contribution in [2.75, 3.05) is 51.8 Å². The van der Waals surface area contributed by atoms with Crippen LogP contribution in [0.3, 0.4) is 0 Å². The second-order valence-corrected chi connectivity index (χ2v) is 10.2. The SMILES string of the molecule is C=C/C=C(/c1c[c-]c(OC)cc1)n1nc(C(=O)N2CCCc3cc(C(=O)N4CCN(C)CC4)ccc32)cc1CC.[CH3-].[U+2]. The number of methoxy groups -OCH3 is 1. The number of allylic oxidation sites excluding steroid dienone is 2. The van der Waals surface area contributed by atoms with Gasteiger partial charge in [-0.3, -0.25) is 9.59 Å². The second-order valence-electron chi connectivity index (χ2n) is 10.2. The first-order valence-corrected chi connectivity index (χ1v) is 13.8. The fourth-order valence-corrected chi connectivity index (χ4v) is 5.35. The van der Waals surface area contributed by atoms with E-state index >= 15 is 0 Å². The van der Waals surface area contributed by atoms with Crippen molar-refractivity contribution in [2.24, 2.45) is 0 Å². The molecule has 2 amide bonds. The molecule has 9 heteroatoms. The fourth-order valence-electron chi connectivity index (χ4n) is 5.35. The van der Waals surface area contributed by atoms with Crippen LogP contribution in [0.25, 0.3) is 5.70 Å². The number of piperazine rings is 1. The number of rotatable bonds is 7. The molecule has 3 heterocycles. The van der Waals surface area contributed by atoms with Crippen LogP contribution in [0.5, 0.6) is 5.75 Å². The summed E-state index contributed by atoms with van der Waals surface area (Å²) in [6.45, 7) is 9.75. The molecule has 218 valence electrons. The fraction of sp³-hybridized carbons (Fsp3) is 0.333. The molecule has 0 aliphatic carbocycles. The van der Waals surface area contributed by atoms with Gasteiger partial charge in [0, 0.05) is 61.1 Å². The second kappa shape index (κ2) is 14.9. The molecule has 2 aliphatic rings. The van der Waals surface area contributed by atoms with E-state index in [1.165, 1.54) is 0 Å². The van der Waals surface area contributed by atoms with E-state index in [1.54, 1.807) is 18.1 Å². The average molecular weight is 792 g/mol. The van der Waals surface area contributed by atoms with Crippen molar-refractivity contribution in [3.63, 3.8) is 0 Å². The molecule has 0 bridgehead atoms. The number of likely N-dealkylation sites (N-methyl/N-ethyl adjacent to an activating group) is 1. The Kier molecular flexibility index (Phi) is 11.8. The van der Waals surface area contributed by atoms with E-state index in [0.717, 1.165) is 67.2 Å². The number of hydrogen-bond donors (Lipinski definition) is 0.